The van der Waals surface area contributed by atoms with Gasteiger partial charge in [0.05, 0.1) is 30.4 Å². The first-order valence-electron chi connectivity index (χ1n) is 23.8. The number of para-hydroxylation sites is 4. The second-order valence-electron chi connectivity index (χ2n) is 15.7. The number of aromatic nitrogens is 1. The third-order valence-electron chi connectivity index (χ3n) is 12.5. The van der Waals surface area contributed by atoms with E-state index in [1.165, 1.54) is 0 Å². The molecule has 10 aromatic carbocycles. The molecule has 1 N–H and O–H groups in total. The Balaban J connectivity index is 1.22. The summed E-state index contributed by atoms with van der Waals surface area (Å²) < 4.78 is 57.1. The molecule has 0 spiro atoms. The fourth-order valence-corrected chi connectivity index (χ4v) is 9.89. The van der Waals surface area contributed by atoms with Gasteiger partial charge in [-0.15, -0.1) is 0 Å². The second kappa shape index (κ2) is 14.3. The van der Waals surface area contributed by atoms with Gasteiger partial charge in [-0.25, -0.2) is 0 Å². The third-order valence-corrected chi connectivity index (χ3v) is 12.5. The highest BCUT2D eigenvalue weighted by molar-refractivity contribution is 6.10. The Morgan fingerprint density at radius 3 is 1.95 bits per heavy atom. The van der Waals surface area contributed by atoms with E-state index in [2.05, 4.69) is 107 Å². The van der Waals surface area contributed by atoms with Crippen molar-refractivity contribution in [1.82, 2.24) is 4.57 Å². The van der Waals surface area contributed by atoms with Gasteiger partial charge < -0.3 is 14.6 Å². The Morgan fingerprint density at radius 1 is 0.452 bits per heavy atom. The largest absolute Gasteiger partial charge is 0.507 e. The second-order valence-corrected chi connectivity index (χ2v) is 15.7. The molecule has 292 valence electrons. The van der Waals surface area contributed by atoms with Crippen LogP contribution in [0.5, 0.6) is 5.75 Å². The van der Waals surface area contributed by atoms with Crippen LogP contribution in [-0.4, -0.2) is 9.67 Å². The molecule has 0 saturated heterocycles. The van der Waals surface area contributed by atoms with E-state index < -0.39 is 41.4 Å². The van der Waals surface area contributed by atoms with E-state index >= 15 is 0 Å². The highest BCUT2D eigenvalue weighted by Gasteiger charge is 2.48. The maximum absolute atomic E-state index is 13.0. The molecule has 1 unspecified atom stereocenters. The van der Waals surface area contributed by atoms with Crippen LogP contribution in [0.1, 0.15) is 30.5 Å². The summed E-state index contributed by atoms with van der Waals surface area (Å²) in [6, 6.07) is 65.1. The zero-order valence-electron chi connectivity index (χ0n) is 39.4. The van der Waals surface area contributed by atoms with Crippen LogP contribution in [0.2, 0.25) is 0 Å². The summed E-state index contributed by atoms with van der Waals surface area (Å²) in [7, 11) is 0. The Hall–Kier alpha value is -8.14. The Labute approximate surface area is 369 Å². The molecule has 0 fully saturated rings. The first-order chi connectivity index (χ1) is 33.2. The molecule has 11 aromatic rings. The molecule has 0 amide bonds. The lowest BCUT2D eigenvalue weighted by molar-refractivity contribution is 0.468. The number of phenolic OH excluding ortho intramolecular Hbond substituents is 1. The molecule has 0 aliphatic heterocycles. The minimum absolute atomic E-state index is 0.0649. The lowest BCUT2D eigenvalue weighted by Crippen LogP contribution is -2.29. The van der Waals surface area contributed by atoms with Gasteiger partial charge in [0.2, 0.25) is 0 Å². The topological polar surface area (TPSA) is 28.4 Å². The maximum Gasteiger partial charge on any atom is 0.128 e. The molecule has 1 aromatic heterocycles. The molecule has 12 rings (SSSR count). The van der Waals surface area contributed by atoms with Crippen LogP contribution in [0.15, 0.2) is 236 Å². The average Bonchev–Trinajstić information content (AvgIpc) is 3.87. The van der Waals surface area contributed by atoms with Gasteiger partial charge in [0.15, 0.2) is 0 Å². The lowest BCUT2D eigenvalue weighted by atomic mass is 9.67. The highest BCUT2D eigenvalue weighted by atomic mass is 16.3. The first kappa shape index (κ1) is 30.0. The monoisotopic (exact) mass is 798 g/mol. The minimum atomic E-state index is -1.47. The summed E-state index contributed by atoms with van der Waals surface area (Å²) in [5, 5.41) is 14.7. The van der Waals surface area contributed by atoms with Gasteiger partial charge in [-0.05, 0) is 93.4 Å². The average molecular weight is 799 g/mol. The summed E-state index contributed by atoms with van der Waals surface area (Å²) >= 11 is 0. The maximum atomic E-state index is 13.0. The minimum Gasteiger partial charge on any atom is -0.507 e. The Morgan fingerprint density at radius 2 is 1.11 bits per heavy atom. The molecule has 62 heavy (non-hydrogen) atoms. The van der Waals surface area contributed by atoms with Crippen LogP contribution in [0.4, 0.5) is 17.1 Å². The fraction of sp³-hybridized carbons (Fsp3) is 0.0169. The van der Waals surface area contributed by atoms with Crippen LogP contribution < -0.4 is 4.90 Å². The van der Waals surface area contributed by atoms with E-state index in [0.717, 1.165) is 77.9 Å². The van der Waals surface area contributed by atoms with Crippen molar-refractivity contribution in [3.63, 3.8) is 0 Å². The van der Waals surface area contributed by atoms with Crippen molar-refractivity contribution in [3.05, 3.63) is 259 Å². The molecular formula is C59H40N2O. The van der Waals surface area contributed by atoms with Crippen LogP contribution >= 0.6 is 0 Å². The number of hydrogen-bond donors (Lipinski definition) is 1. The number of aromatic hydroxyl groups is 1. The summed E-state index contributed by atoms with van der Waals surface area (Å²) in [5.74, 6) is -0.467. The van der Waals surface area contributed by atoms with E-state index in [1.54, 1.807) is 0 Å². The SMILES string of the molecule is [2H]c1c([2H])c([2H])c2c(O)c(C3(c4ccc5c6ccccc6n(-c6ccccc6)c5c4)c4ccccc4-c4cc(N(c5ccccc5)c5ccccc5-c5ccccc5)ccc43)c([2H])c([2H])c2c1[2H]. The Bertz CT molecular complexity index is 3840. The van der Waals surface area contributed by atoms with Crippen molar-refractivity contribution in [2.45, 2.75) is 5.41 Å². The number of nitrogens with zero attached hydrogens (tertiary/aromatic N) is 2. The van der Waals surface area contributed by atoms with Crippen LogP contribution in [-0.2, 0) is 5.41 Å². The van der Waals surface area contributed by atoms with E-state index in [0.29, 0.717) is 5.56 Å². The normalized spacial score (nSPS) is 15.6. The Kier molecular flexibility index (Phi) is 6.89. The predicted octanol–water partition coefficient (Wildman–Crippen LogP) is 15.1. The van der Waals surface area contributed by atoms with Crippen LogP contribution in [0, 0.1) is 0 Å². The number of benzene rings is 10. The van der Waals surface area contributed by atoms with E-state index in [4.69, 9.17) is 5.48 Å². The van der Waals surface area contributed by atoms with Crippen molar-refractivity contribution < 1.29 is 13.3 Å². The number of anilines is 3. The van der Waals surface area contributed by atoms with Gasteiger partial charge in [-0.1, -0.05) is 182 Å². The number of rotatable bonds is 7. The lowest BCUT2D eigenvalue weighted by Gasteiger charge is -2.35. The number of fused-ring (bicyclic) bond motifs is 7. The molecule has 1 heterocycles. The molecule has 3 nitrogen and oxygen atoms in total. The third kappa shape index (κ3) is 5.32. The molecule has 1 atom stereocenters. The number of hydrogen-bond acceptors (Lipinski definition) is 2. The van der Waals surface area contributed by atoms with Gasteiger partial charge >= 0.3 is 0 Å². The van der Waals surface area contributed by atoms with Gasteiger partial charge in [0.25, 0.3) is 0 Å². The highest BCUT2D eigenvalue weighted by Crippen LogP contribution is 2.60. The summed E-state index contributed by atoms with van der Waals surface area (Å²) in [6.45, 7) is 0. The zero-order chi connectivity index (χ0) is 46.4. The molecule has 1 aliphatic carbocycles. The van der Waals surface area contributed by atoms with Crippen molar-refractivity contribution >= 4 is 49.6 Å². The smallest absolute Gasteiger partial charge is 0.128 e. The van der Waals surface area contributed by atoms with Gasteiger partial charge in [0, 0.05) is 44.3 Å². The predicted molar refractivity (Wildman–Crippen MR) is 257 cm³/mol. The molecule has 3 heteroatoms. The van der Waals surface area contributed by atoms with E-state index in [9.17, 15) is 7.85 Å². The molecule has 1 aliphatic rings. The first-order valence-corrected chi connectivity index (χ1v) is 20.8. The van der Waals surface area contributed by atoms with Crippen LogP contribution in [0.3, 0.4) is 0 Å². The number of phenols is 1. The standard InChI is InChI=1S/C59H40N2O/c62-58-47-26-11-10-20-41(47)32-36-54(58)59(42-33-35-50-49-28-14-17-31-56(49)61(57(50)38-42)44-23-8-3-9-24-44)52-29-15-12-27-48(52)51-39-45(34-37-53(51)59)60(43-21-6-2-7-22-43)55-30-16-13-25-46(55)40-18-4-1-5-19-40/h1-39,62H/i10D,11D,20D,26D,32D,36D. The van der Waals surface area contributed by atoms with E-state index in [-0.39, 0.29) is 22.4 Å². The van der Waals surface area contributed by atoms with Gasteiger partial charge in [-0.3, -0.25) is 0 Å². The molecule has 0 radical (unpaired) electrons. The zero-order valence-corrected chi connectivity index (χ0v) is 33.4. The van der Waals surface area contributed by atoms with E-state index in [1.807, 2.05) is 103 Å². The molecule has 0 saturated carbocycles. The molecular weight excluding hydrogens is 753 g/mol. The van der Waals surface area contributed by atoms with Crippen LogP contribution in [0.25, 0.3) is 60.5 Å². The van der Waals surface area contributed by atoms with Crippen molar-refractivity contribution in [2.75, 3.05) is 4.90 Å². The van der Waals surface area contributed by atoms with Gasteiger partial charge in [0.1, 0.15) is 5.75 Å². The summed E-state index contributed by atoms with van der Waals surface area (Å²) in [5.41, 5.74) is 10.3. The van der Waals surface area contributed by atoms with Crippen molar-refractivity contribution in [3.8, 4) is 33.7 Å². The van der Waals surface area contributed by atoms with Gasteiger partial charge in [-0.2, -0.15) is 0 Å². The fourth-order valence-electron chi connectivity index (χ4n) is 9.89. The summed E-state index contributed by atoms with van der Waals surface area (Å²) in [6.07, 6.45) is 0. The summed E-state index contributed by atoms with van der Waals surface area (Å²) in [4.78, 5) is 2.25. The van der Waals surface area contributed by atoms with Crippen molar-refractivity contribution in [1.29, 1.82) is 0 Å². The van der Waals surface area contributed by atoms with Crippen molar-refractivity contribution in [2.24, 2.45) is 0 Å². The quantitative estimate of drug-likeness (QED) is 0.174. The molecule has 0 bridgehead atoms.